The fraction of sp³-hybridized carbons (Fsp3) is 0. The molecule has 0 bridgehead atoms. The van der Waals surface area contributed by atoms with Gasteiger partial charge in [0.15, 0.2) is 0 Å². The molecule has 5 aromatic carbocycles. The van der Waals surface area contributed by atoms with Crippen molar-refractivity contribution in [2.75, 3.05) is 4.90 Å². The maximum atomic E-state index is 6.24. The van der Waals surface area contributed by atoms with Gasteiger partial charge in [-0.1, -0.05) is 82.7 Å². The molecule has 0 spiro atoms. The van der Waals surface area contributed by atoms with Crippen molar-refractivity contribution in [3.8, 4) is 11.1 Å². The number of anilines is 3. The minimum absolute atomic E-state index is 0.874. The fourth-order valence-corrected chi connectivity index (χ4v) is 4.77. The molecule has 0 amide bonds. The van der Waals surface area contributed by atoms with Gasteiger partial charge in [0.25, 0.3) is 0 Å². The Labute approximate surface area is 200 Å². The Kier molecular flexibility index (Phi) is 4.97. The van der Waals surface area contributed by atoms with Crippen molar-refractivity contribution in [2.45, 2.75) is 0 Å². The van der Waals surface area contributed by atoms with E-state index in [1.807, 2.05) is 18.2 Å². The quantitative estimate of drug-likeness (QED) is 0.245. The van der Waals surface area contributed by atoms with Gasteiger partial charge in [-0.15, -0.1) is 0 Å². The molecule has 6 aromatic rings. The van der Waals surface area contributed by atoms with Crippen LogP contribution in [-0.4, -0.2) is 0 Å². The molecule has 1 aromatic heterocycles. The standard InChI is InChI=1S/C30H20BrNO/c31-22-15-18-29-27(19-22)26-17-16-24(20-30(26)33-29)32(23-11-5-2-6-12-23)28-14-8-7-13-25(28)21-9-3-1-4-10-21/h1-20H. The van der Waals surface area contributed by atoms with Crippen LogP contribution in [0.5, 0.6) is 0 Å². The Hall–Kier alpha value is -3.82. The van der Waals surface area contributed by atoms with Gasteiger partial charge < -0.3 is 9.32 Å². The Morgan fingerprint density at radius 1 is 0.545 bits per heavy atom. The second-order valence-corrected chi connectivity index (χ2v) is 8.89. The number of furan rings is 1. The van der Waals surface area contributed by atoms with E-state index in [1.54, 1.807) is 0 Å². The molecule has 1 heterocycles. The number of nitrogens with zero attached hydrogens (tertiary/aromatic N) is 1. The maximum absolute atomic E-state index is 6.24. The predicted molar refractivity (Wildman–Crippen MR) is 142 cm³/mol. The number of benzene rings is 5. The lowest BCUT2D eigenvalue weighted by Crippen LogP contribution is -2.11. The molecule has 3 heteroatoms. The molecular formula is C30H20BrNO. The van der Waals surface area contributed by atoms with Crippen LogP contribution in [0.25, 0.3) is 33.1 Å². The van der Waals surface area contributed by atoms with Crippen molar-refractivity contribution in [2.24, 2.45) is 0 Å². The van der Waals surface area contributed by atoms with Gasteiger partial charge in [0.1, 0.15) is 11.2 Å². The molecule has 158 valence electrons. The molecule has 0 radical (unpaired) electrons. The van der Waals surface area contributed by atoms with Gasteiger partial charge >= 0.3 is 0 Å². The van der Waals surface area contributed by atoms with E-state index in [9.17, 15) is 0 Å². The van der Waals surface area contributed by atoms with E-state index in [1.165, 1.54) is 11.1 Å². The van der Waals surface area contributed by atoms with Crippen molar-refractivity contribution >= 4 is 54.9 Å². The molecule has 0 fully saturated rings. The monoisotopic (exact) mass is 489 g/mol. The second-order valence-electron chi connectivity index (χ2n) is 7.98. The van der Waals surface area contributed by atoms with E-state index in [0.717, 1.165) is 43.5 Å². The predicted octanol–water partition coefficient (Wildman–Crippen LogP) is 9.49. The summed E-state index contributed by atoms with van der Waals surface area (Å²) in [5.41, 5.74) is 7.39. The molecule has 0 N–H and O–H groups in total. The summed E-state index contributed by atoms with van der Waals surface area (Å²) in [6.07, 6.45) is 0. The summed E-state index contributed by atoms with van der Waals surface area (Å²) in [6.45, 7) is 0. The third-order valence-electron chi connectivity index (χ3n) is 5.92. The van der Waals surface area contributed by atoms with E-state index < -0.39 is 0 Å². The molecule has 0 saturated heterocycles. The zero-order valence-electron chi connectivity index (χ0n) is 17.8. The lowest BCUT2D eigenvalue weighted by molar-refractivity contribution is 0.669. The molecule has 6 rings (SSSR count). The first-order valence-electron chi connectivity index (χ1n) is 10.9. The summed E-state index contributed by atoms with van der Waals surface area (Å²) < 4.78 is 7.28. The number of hydrogen-bond acceptors (Lipinski definition) is 2. The zero-order valence-corrected chi connectivity index (χ0v) is 19.4. The van der Waals surface area contributed by atoms with Crippen molar-refractivity contribution in [3.05, 3.63) is 126 Å². The first-order chi connectivity index (χ1) is 16.3. The Morgan fingerprint density at radius 3 is 2.09 bits per heavy atom. The van der Waals surface area contributed by atoms with Crippen LogP contribution < -0.4 is 4.90 Å². The number of halogens is 1. The second kappa shape index (κ2) is 8.27. The van der Waals surface area contributed by atoms with Crippen LogP contribution in [0.2, 0.25) is 0 Å². The topological polar surface area (TPSA) is 16.4 Å². The van der Waals surface area contributed by atoms with E-state index >= 15 is 0 Å². The fourth-order valence-electron chi connectivity index (χ4n) is 4.41. The average Bonchev–Trinajstić information content (AvgIpc) is 3.23. The summed E-state index contributed by atoms with van der Waals surface area (Å²) in [5.74, 6) is 0. The number of para-hydroxylation sites is 2. The van der Waals surface area contributed by atoms with Gasteiger partial charge in [0.2, 0.25) is 0 Å². The summed E-state index contributed by atoms with van der Waals surface area (Å²) in [6, 6.07) is 42.1. The highest BCUT2D eigenvalue weighted by molar-refractivity contribution is 9.10. The summed E-state index contributed by atoms with van der Waals surface area (Å²) in [4.78, 5) is 2.30. The van der Waals surface area contributed by atoms with E-state index in [0.29, 0.717) is 0 Å². The highest BCUT2D eigenvalue weighted by atomic mass is 79.9. The minimum Gasteiger partial charge on any atom is -0.456 e. The van der Waals surface area contributed by atoms with Gasteiger partial charge in [0.05, 0.1) is 5.69 Å². The number of fused-ring (bicyclic) bond motifs is 3. The van der Waals surface area contributed by atoms with Crippen LogP contribution in [0.3, 0.4) is 0 Å². The largest absolute Gasteiger partial charge is 0.456 e. The van der Waals surface area contributed by atoms with Crippen LogP contribution in [0.4, 0.5) is 17.1 Å². The van der Waals surface area contributed by atoms with Crippen LogP contribution in [0.15, 0.2) is 130 Å². The molecule has 33 heavy (non-hydrogen) atoms. The summed E-state index contributed by atoms with van der Waals surface area (Å²) in [7, 11) is 0. The molecule has 0 unspecified atom stereocenters. The van der Waals surface area contributed by atoms with Gasteiger partial charge in [-0.3, -0.25) is 0 Å². The Morgan fingerprint density at radius 2 is 1.27 bits per heavy atom. The van der Waals surface area contributed by atoms with Gasteiger partial charge in [-0.05, 0) is 54.1 Å². The Bertz CT molecular complexity index is 1570. The smallest absolute Gasteiger partial charge is 0.137 e. The van der Waals surface area contributed by atoms with Crippen LogP contribution in [0.1, 0.15) is 0 Å². The molecule has 2 nitrogen and oxygen atoms in total. The Balaban J connectivity index is 1.58. The number of hydrogen-bond donors (Lipinski definition) is 0. The molecule has 0 aliphatic carbocycles. The molecule has 0 atom stereocenters. The first-order valence-corrected chi connectivity index (χ1v) is 11.7. The van der Waals surface area contributed by atoms with E-state index in [2.05, 4.69) is 124 Å². The SMILES string of the molecule is Brc1ccc2oc3cc(N(c4ccccc4)c4ccccc4-c4ccccc4)ccc3c2c1. The van der Waals surface area contributed by atoms with Crippen molar-refractivity contribution in [1.29, 1.82) is 0 Å². The lowest BCUT2D eigenvalue weighted by Gasteiger charge is -2.27. The van der Waals surface area contributed by atoms with Crippen LogP contribution >= 0.6 is 15.9 Å². The third kappa shape index (κ3) is 3.61. The maximum Gasteiger partial charge on any atom is 0.137 e. The summed E-state index contributed by atoms with van der Waals surface area (Å²) in [5, 5.41) is 2.22. The minimum atomic E-state index is 0.874. The van der Waals surface area contributed by atoms with Gasteiger partial charge in [0, 0.05) is 38.2 Å². The zero-order chi connectivity index (χ0) is 22.2. The van der Waals surface area contributed by atoms with Crippen LogP contribution in [-0.2, 0) is 0 Å². The normalized spacial score (nSPS) is 11.2. The summed E-state index contributed by atoms with van der Waals surface area (Å²) >= 11 is 3.58. The average molecular weight is 490 g/mol. The van der Waals surface area contributed by atoms with Gasteiger partial charge in [-0.2, -0.15) is 0 Å². The molecular weight excluding hydrogens is 470 g/mol. The third-order valence-corrected chi connectivity index (χ3v) is 6.41. The van der Waals surface area contributed by atoms with E-state index in [4.69, 9.17) is 4.42 Å². The number of rotatable bonds is 4. The van der Waals surface area contributed by atoms with Crippen molar-refractivity contribution < 1.29 is 4.42 Å². The van der Waals surface area contributed by atoms with Crippen molar-refractivity contribution in [1.82, 2.24) is 0 Å². The van der Waals surface area contributed by atoms with Crippen LogP contribution in [0, 0.1) is 0 Å². The highest BCUT2D eigenvalue weighted by Crippen LogP contribution is 2.42. The highest BCUT2D eigenvalue weighted by Gasteiger charge is 2.18. The first kappa shape index (κ1) is 19.8. The van der Waals surface area contributed by atoms with Gasteiger partial charge in [-0.25, -0.2) is 0 Å². The van der Waals surface area contributed by atoms with Crippen molar-refractivity contribution in [3.63, 3.8) is 0 Å². The molecule has 0 aliphatic rings. The molecule has 0 saturated carbocycles. The lowest BCUT2D eigenvalue weighted by atomic mass is 10.0. The molecule has 0 aliphatic heterocycles. The van der Waals surface area contributed by atoms with E-state index in [-0.39, 0.29) is 0 Å².